The van der Waals surface area contributed by atoms with E-state index < -0.39 is 0 Å². The Morgan fingerprint density at radius 3 is 2.41 bits per heavy atom. The average molecular weight is 368 g/mol. The molecule has 0 saturated carbocycles. The Bertz CT molecular complexity index is 829. The molecule has 0 bridgehead atoms. The van der Waals surface area contributed by atoms with Crippen LogP contribution in [0.3, 0.4) is 0 Å². The number of benzene rings is 1. The predicted octanol–water partition coefficient (Wildman–Crippen LogP) is 1.83. The van der Waals surface area contributed by atoms with Crippen molar-refractivity contribution < 1.29 is 14.3 Å². The number of ether oxygens (including phenoxy) is 1. The Morgan fingerprint density at radius 2 is 1.70 bits per heavy atom. The molecule has 2 aliphatic heterocycles. The molecule has 4 rings (SSSR count). The van der Waals surface area contributed by atoms with E-state index in [1.807, 2.05) is 22.9 Å². The Kier molecular flexibility index (Phi) is 4.83. The zero-order valence-electron chi connectivity index (χ0n) is 15.6. The van der Waals surface area contributed by atoms with E-state index in [0.717, 1.165) is 31.5 Å². The summed E-state index contributed by atoms with van der Waals surface area (Å²) in [4.78, 5) is 29.1. The zero-order chi connectivity index (χ0) is 18.8. The summed E-state index contributed by atoms with van der Waals surface area (Å²) in [6.45, 7) is 2.99. The number of hydrogen-bond acceptors (Lipinski definition) is 4. The lowest BCUT2D eigenvalue weighted by Crippen LogP contribution is -2.50. The molecule has 0 N–H and O–H groups in total. The summed E-state index contributed by atoms with van der Waals surface area (Å²) in [7, 11) is 1.59. The highest BCUT2D eigenvalue weighted by atomic mass is 16.5. The van der Waals surface area contributed by atoms with Crippen LogP contribution in [0.2, 0.25) is 0 Å². The van der Waals surface area contributed by atoms with Crippen LogP contribution in [-0.2, 0) is 13.0 Å². The SMILES string of the molecule is COc1cccc(C(=O)N2CCN(C(=O)c3cc4n(n3)CCCC4)CC2)c1. The number of rotatable bonds is 3. The summed E-state index contributed by atoms with van der Waals surface area (Å²) in [5.41, 5.74) is 2.28. The zero-order valence-corrected chi connectivity index (χ0v) is 15.6. The van der Waals surface area contributed by atoms with Crippen LogP contribution < -0.4 is 4.74 Å². The van der Waals surface area contributed by atoms with E-state index in [1.54, 1.807) is 29.0 Å². The second-order valence-corrected chi connectivity index (χ2v) is 7.02. The van der Waals surface area contributed by atoms with Gasteiger partial charge in [0.25, 0.3) is 11.8 Å². The summed E-state index contributed by atoms with van der Waals surface area (Å²) < 4.78 is 7.15. The Hall–Kier alpha value is -2.83. The van der Waals surface area contributed by atoms with Crippen LogP contribution in [0.5, 0.6) is 5.75 Å². The van der Waals surface area contributed by atoms with Crippen molar-refractivity contribution in [2.45, 2.75) is 25.8 Å². The van der Waals surface area contributed by atoms with Crippen molar-refractivity contribution in [1.29, 1.82) is 0 Å². The number of aromatic nitrogens is 2. The molecule has 1 aromatic heterocycles. The van der Waals surface area contributed by atoms with Gasteiger partial charge >= 0.3 is 0 Å². The standard InChI is InChI=1S/C20H24N4O3/c1-27-17-7-4-5-15(13-17)19(25)22-9-11-23(12-10-22)20(26)18-14-16-6-2-3-8-24(16)21-18/h4-5,7,13-14H,2-3,6,8-12H2,1H3. The van der Waals surface area contributed by atoms with Gasteiger partial charge in [0.1, 0.15) is 5.75 Å². The van der Waals surface area contributed by atoms with Gasteiger partial charge in [-0.15, -0.1) is 0 Å². The lowest BCUT2D eigenvalue weighted by Gasteiger charge is -2.34. The normalized spacial score (nSPS) is 16.8. The topological polar surface area (TPSA) is 67.7 Å². The number of hydrogen-bond donors (Lipinski definition) is 0. The van der Waals surface area contributed by atoms with Crippen LogP contribution in [0, 0.1) is 0 Å². The fourth-order valence-corrected chi connectivity index (χ4v) is 3.74. The summed E-state index contributed by atoms with van der Waals surface area (Å²) in [6.07, 6.45) is 3.26. The second-order valence-electron chi connectivity index (χ2n) is 7.02. The van der Waals surface area contributed by atoms with Crippen molar-refractivity contribution in [1.82, 2.24) is 19.6 Å². The van der Waals surface area contributed by atoms with Gasteiger partial charge in [-0.1, -0.05) is 6.07 Å². The Morgan fingerprint density at radius 1 is 0.963 bits per heavy atom. The first-order valence-electron chi connectivity index (χ1n) is 9.45. The lowest BCUT2D eigenvalue weighted by molar-refractivity contribution is 0.0531. The molecule has 27 heavy (non-hydrogen) atoms. The van der Waals surface area contributed by atoms with Gasteiger partial charge in [-0.05, 0) is 43.5 Å². The fraction of sp³-hybridized carbons (Fsp3) is 0.450. The smallest absolute Gasteiger partial charge is 0.274 e. The fourth-order valence-electron chi connectivity index (χ4n) is 3.74. The molecule has 7 nitrogen and oxygen atoms in total. The minimum absolute atomic E-state index is 0.0292. The number of methoxy groups -OCH3 is 1. The number of carbonyl (C=O) groups excluding carboxylic acids is 2. The molecule has 1 aromatic carbocycles. The van der Waals surface area contributed by atoms with Gasteiger partial charge in [0, 0.05) is 44.0 Å². The van der Waals surface area contributed by atoms with E-state index in [-0.39, 0.29) is 11.8 Å². The molecule has 2 amide bonds. The molecule has 0 spiro atoms. The van der Waals surface area contributed by atoms with Crippen molar-refractivity contribution in [3.8, 4) is 5.75 Å². The monoisotopic (exact) mass is 368 g/mol. The van der Waals surface area contributed by atoms with Crippen molar-refractivity contribution in [2.24, 2.45) is 0 Å². The van der Waals surface area contributed by atoms with Gasteiger partial charge in [-0.3, -0.25) is 14.3 Å². The first kappa shape index (κ1) is 17.6. The molecule has 142 valence electrons. The van der Waals surface area contributed by atoms with Crippen molar-refractivity contribution in [3.05, 3.63) is 47.3 Å². The highest BCUT2D eigenvalue weighted by molar-refractivity contribution is 5.95. The molecule has 3 heterocycles. The third-order valence-electron chi connectivity index (χ3n) is 5.31. The Balaban J connectivity index is 1.39. The molecular formula is C20H24N4O3. The van der Waals surface area contributed by atoms with Crippen LogP contribution in [0.1, 0.15) is 39.4 Å². The number of nitrogens with zero attached hydrogens (tertiary/aromatic N) is 4. The number of amides is 2. The summed E-state index contributed by atoms with van der Waals surface area (Å²) in [5, 5.41) is 4.48. The molecule has 1 fully saturated rings. The van der Waals surface area contributed by atoms with Gasteiger partial charge in [0.15, 0.2) is 5.69 Å². The Labute approximate surface area is 158 Å². The van der Waals surface area contributed by atoms with Gasteiger partial charge in [-0.25, -0.2) is 0 Å². The number of carbonyl (C=O) groups is 2. The van der Waals surface area contributed by atoms with Crippen LogP contribution >= 0.6 is 0 Å². The largest absolute Gasteiger partial charge is 0.497 e. The first-order chi connectivity index (χ1) is 13.2. The van der Waals surface area contributed by atoms with Crippen LogP contribution in [0.15, 0.2) is 30.3 Å². The van der Waals surface area contributed by atoms with E-state index in [4.69, 9.17) is 4.74 Å². The molecule has 2 aromatic rings. The highest BCUT2D eigenvalue weighted by Crippen LogP contribution is 2.18. The number of fused-ring (bicyclic) bond motifs is 1. The quantitative estimate of drug-likeness (QED) is 0.829. The second kappa shape index (κ2) is 7.42. The maximum atomic E-state index is 12.8. The van der Waals surface area contributed by atoms with Crippen LogP contribution in [-0.4, -0.2) is 64.7 Å². The van der Waals surface area contributed by atoms with Gasteiger partial charge in [0.2, 0.25) is 0 Å². The van der Waals surface area contributed by atoms with Crippen LogP contribution in [0.25, 0.3) is 0 Å². The third kappa shape index (κ3) is 3.54. The van der Waals surface area contributed by atoms with Gasteiger partial charge in [-0.2, -0.15) is 5.10 Å². The van der Waals surface area contributed by atoms with E-state index in [1.165, 1.54) is 0 Å². The molecule has 1 saturated heterocycles. The van der Waals surface area contributed by atoms with Gasteiger partial charge < -0.3 is 14.5 Å². The molecule has 7 heteroatoms. The number of piperazine rings is 1. The predicted molar refractivity (Wildman–Crippen MR) is 100.0 cm³/mol. The minimum Gasteiger partial charge on any atom is -0.497 e. The van der Waals surface area contributed by atoms with Crippen molar-refractivity contribution >= 4 is 11.8 Å². The minimum atomic E-state index is -0.0367. The summed E-state index contributed by atoms with van der Waals surface area (Å²) in [5.74, 6) is 0.599. The maximum Gasteiger partial charge on any atom is 0.274 e. The van der Waals surface area contributed by atoms with E-state index >= 15 is 0 Å². The van der Waals surface area contributed by atoms with Crippen molar-refractivity contribution in [2.75, 3.05) is 33.3 Å². The van der Waals surface area contributed by atoms with Gasteiger partial charge in [0.05, 0.1) is 7.11 Å². The van der Waals surface area contributed by atoms with Crippen LogP contribution in [0.4, 0.5) is 0 Å². The maximum absolute atomic E-state index is 12.8. The number of aryl methyl sites for hydroxylation is 2. The summed E-state index contributed by atoms with van der Waals surface area (Å²) in [6, 6.07) is 9.09. The van der Waals surface area contributed by atoms with E-state index in [0.29, 0.717) is 43.2 Å². The first-order valence-corrected chi connectivity index (χ1v) is 9.45. The average Bonchev–Trinajstić information content (AvgIpc) is 3.17. The molecule has 2 aliphatic rings. The van der Waals surface area contributed by atoms with E-state index in [9.17, 15) is 9.59 Å². The molecule has 0 aliphatic carbocycles. The van der Waals surface area contributed by atoms with E-state index in [2.05, 4.69) is 5.10 Å². The summed E-state index contributed by atoms with van der Waals surface area (Å²) >= 11 is 0. The third-order valence-corrected chi connectivity index (χ3v) is 5.31. The van der Waals surface area contributed by atoms with Crippen molar-refractivity contribution in [3.63, 3.8) is 0 Å². The lowest BCUT2D eigenvalue weighted by atomic mass is 10.1. The molecule has 0 radical (unpaired) electrons. The highest BCUT2D eigenvalue weighted by Gasteiger charge is 2.27. The molecule has 0 atom stereocenters. The molecular weight excluding hydrogens is 344 g/mol. The molecule has 0 unspecified atom stereocenters.